The van der Waals surface area contributed by atoms with E-state index in [1.54, 1.807) is 35.3 Å². The summed E-state index contributed by atoms with van der Waals surface area (Å²) in [6.45, 7) is 1.49. The van der Waals surface area contributed by atoms with Gasteiger partial charge in [0.05, 0.1) is 24.3 Å². The summed E-state index contributed by atoms with van der Waals surface area (Å²) in [7, 11) is 1.53. The maximum atomic E-state index is 13.7. The van der Waals surface area contributed by atoms with Crippen LogP contribution in [0.3, 0.4) is 0 Å². The van der Waals surface area contributed by atoms with Gasteiger partial charge in [-0.1, -0.05) is 19.1 Å². The number of halogens is 6. The molecule has 0 N–H and O–H groups in total. The first-order valence-electron chi connectivity index (χ1n) is 12.4. The summed E-state index contributed by atoms with van der Waals surface area (Å²) in [6.07, 6.45) is -9.28. The van der Waals surface area contributed by atoms with E-state index in [1.807, 2.05) is 23.6 Å². The van der Waals surface area contributed by atoms with E-state index in [1.165, 1.54) is 7.11 Å². The van der Waals surface area contributed by atoms with Crippen LogP contribution in [-0.2, 0) is 23.6 Å². The molecule has 1 aromatic heterocycles. The number of alkyl halides is 6. The number of carbonyl (C=O) groups is 2. The summed E-state index contributed by atoms with van der Waals surface area (Å²) < 4.78 is 85.6. The number of ether oxygens (including phenoxy) is 1. The molecule has 0 radical (unpaired) electrons. The van der Waals surface area contributed by atoms with Gasteiger partial charge in [0, 0.05) is 23.5 Å². The molecule has 0 aliphatic carbocycles. The van der Waals surface area contributed by atoms with Crippen molar-refractivity contribution in [1.82, 2.24) is 9.80 Å². The normalized spacial score (nSPS) is 15.5. The standard InChI is InChI=1S/C28H26F6N2O3S/c1-3-10-35(26(38)18-13-19(27(29,30)31)15-20(14-18)28(32,33)34)16-24(37)36-11-8-23-22(9-12-40-23)25(36)17-4-6-21(39-2)7-5-17/h4-7,9,12-15,25H,3,8,10-11,16H2,1-2H3. The Labute approximate surface area is 231 Å². The molecule has 12 heteroatoms. The molecular formula is C28H26F6N2O3S. The van der Waals surface area contributed by atoms with Gasteiger partial charge in [-0.3, -0.25) is 9.59 Å². The highest BCUT2D eigenvalue weighted by atomic mass is 32.1. The molecule has 3 aromatic rings. The van der Waals surface area contributed by atoms with E-state index in [-0.39, 0.29) is 12.6 Å². The number of carbonyl (C=O) groups excluding carboxylic acids is 2. The summed E-state index contributed by atoms with van der Waals surface area (Å²) in [5.41, 5.74) is -2.23. The van der Waals surface area contributed by atoms with Gasteiger partial charge < -0.3 is 14.5 Å². The molecular weight excluding hydrogens is 558 g/mol. The fourth-order valence-electron chi connectivity index (χ4n) is 4.77. The molecule has 2 amide bonds. The van der Waals surface area contributed by atoms with Gasteiger partial charge in [-0.25, -0.2) is 0 Å². The van der Waals surface area contributed by atoms with E-state index < -0.39 is 53.4 Å². The van der Waals surface area contributed by atoms with Crippen molar-refractivity contribution >= 4 is 23.2 Å². The first-order valence-corrected chi connectivity index (χ1v) is 13.3. The van der Waals surface area contributed by atoms with E-state index in [4.69, 9.17) is 4.74 Å². The third-order valence-electron chi connectivity index (χ3n) is 6.66. The zero-order valence-corrected chi connectivity index (χ0v) is 22.4. The van der Waals surface area contributed by atoms with Crippen molar-refractivity contribution < 1.29 is 40.7 Å². The second-order valence-electron chi connectivity index (χ2n) is 9.33. The maximum Gasteiger partial charge on any atom is 0.416 e. The minimum Gasteiger partial charge on any atom is -0.497 e. The largest absolute Gasteiger partial charge is 0.497 e. The molecule has 4 rings (SSSR count). The molecule has 0 spiro atoms. The van der Waals surface area contributed by atoms with Crippen molar-refractivity contribution in [3.8, 4) is 5.75 Å². The summed E-state index contributed by atoms with van der Waals surface area (Å²) in [5, 5.41) is 1.92. The number of nitrogens with zero attached hydrogens (tertiary/aromatic N) is 2. The van der Waals surface area contributed by atoms with E-state index in [2.05, 4.69) is 0 Å². The molecule has 2 heterocycles. The van der Waals surface area contributed by atoms with Crippen LogP contribution in [0.4, 0.5) is 26.3 Å². The van der Waals surface area contributed by atoms with Crippen LogP contribution in [-0.4, -0.2) is 48.4 Å². The molecule has 2 aromatic carbocycles. The average molecular weight is 585 g/mol. The lowest BCUT2D eigenvalue weighted by Crippen LogP contribution is -2.47. The van der Waals surface area contributed by atoms with E-state index in [0.29, 0.717) is 37.3 Å². The number of thiophene rings is 1. The third-order valence-corrected chi connectivity index (χ3v) is 7.66. The zero-order valence-electron chi connectivity index (χ0n) is 21.6. The van der Waals surface area contributed by atoms with Gasteiger partial charge in [0.2, 0.25) is 5.91 Å². The zero-order chi connectivity index (χ0) is 29.2. The Morgan fingerprint density at radius 3 is 2.17 bits per heavy atom. The first kappa shape index (κ1) is 29.4. The number of hydrogen-bond acceptors (Lipinski definition) is 4. The second-order valence-corrected chi connectivity index (χ2v) is 10.3. The SMILES string of the molecule is CCCN(CC(=O)N1CCc2sccc2C1c1ccc(OC)cc1)C(=O)c1cc(C(F)(F)F)cc(C(F)(F)F)c1. The summed E-state index contributed by atoms with van der Waals surface area (Å²) >= 11 is 1.56. The fourth-order valence-corrected chi connectivity index (χ4v) is 5.67. The predicted octanol–water partition coefficient (Wildman–Crippen LogP) is 6.82. The van der Waals surface area contributed by atoms with Crippen LogP contribution in [0.2, 0.25) is 0 Å². The number of fused-ring (bicyclic) bond motifs is 1. The minimum absolute atomic E-state index is 0.0300. The first-order chi connectivity index (χ1) is 18.8. The Bertz CT molecular complexity index is 1340. The summed E-state index contributed by atoms with van der Waals surface area (Å²) in [5.74, 6) is -0.925. The number of amides is 2. The Morgan fingerprint density at radius 2 is 1.62 bits per heavy atom. The van der Waals surface area contributed by atoms with Gasteiger partial charge in [-0.05, 0) is 65.7 Å². The van der Waals surface area contributed by atoms with Crippen LogP contribution in [0.1, 0.15) is 56.9 Å². The van der Waals surface area contributed by atoms with Gasteiger partial charge >= 0.3 is 12.4 Å². The van der Waals surface area contributed by atoms with Gasteiger partial charge in [0.25, 0.3) is 5.91 Å². The van der Waals surface area contributed by atoms with Crippen molar-refractivity contribution in [2.45, 2.75) is 38.2 Å². The van der Waals surface area contributed by atoms with Crippen LogP contribution in [0.5, 0.6) is 5.75 Å². The molecule has 40 heavy (non-hydrogen) atoms. The number of methoxy groups -OCH3 is 1. The molecule has 214 valence electrons. The van der Waals surface area contributed by atoms with E-state index in [0.717, 1.165) is 20.9 Å². The monoisotopic (exact) mass is 584 g/mol. The quantitative estimate of drug-likeness (QED) is 0.287. The minimum atomic E-state index is -5.10. The van der Waals surface area contributed by atoms with Crippen molar-refractivity contribution in [1.29, 1.82) is 0 Å². The highest BCUT2D eigenvalue weighted by Gasteiger charge is 2.39. The molecule has 1 aliphatic rings. The molecule has 1 unspecified atom stereocenters. The Hall–Kier alpha value is -3.54. The average Bonchev–Trinajstić information content (AvgIpc) is 3.39. The lowest BCUT2D eigenvalue weighted by Gasteiger charge is -2.37. The third kappa shape index (κ3) is 6.27. The Kier molecular flexibility index (Phi) is 8.48. The lowest BCUT2D eigenvalue weighted by atomic mass is 9.93. The Morgan fingerprint density at radius 1 is 1.00 bits per heavy atom. The number of benzene rings is 2. The smallest absolute Gasteiger partial charge is 0.416 e. The van der Waals surface area contributed by atoms with Crippen molar-refractivity contribution in [3.05, 3.63) is 86.6 Å². The molecule has 0 fully saturated rings. The topological polar surface area (TPSA) is 49.9 Å². The molecule has 1 aliphatic heterocycles. The van der Waals surface area contributed by atoms with Gasteiger partial charge in [-0.15, -0.1) is 11.3 Å². The van der Waals surface area contributed by atoms with Crippen LogP contribution < -0.4 is 4.74 Å². The lowest BCUT2D eigenvalue weighted by molar-refractivity contribution is -0.143. The van der Waals surface area contributed by atoms with Crippen LogP contribution in [0.25, 0.3) is 0 Å². The highest BCUT2D eigenvalue weighted by molar-refractivity contribution is 7.10. The van der Waals surface area contributed by atoms with Gasteiger partial charge in [0.1, 0.15) is 12.3 Å². The van der Waals surface area contributed by atoms with Crippen LogP contribution in [0.15, 0.2) is 53.9 Å². The highest BCUT2D eigenvalue weighted by Crippen LogP contribution is 2.39. The fraction of sp³-hybridized carbons (Fsp3) is 0.357. The van der Waals surface area contributed by atoms with E-state index >= 15 is 0 Å². The molecule has 1 atom stereocenters. The van der Waals surface area contributed by atoms with E-state index in [9.17, 15) is 35.9 Å². The maximum absolute atomic E-state index is 13.7. The van der Waals surface area contributed by atoms with Crippen molar-refractivity contribution in [3.63, 3.8) is 0 Å². The van der Waals surface area contributed by atoms with Crippen LogP contribution in [0, 0.1) is 0 Å². The second kappa shape index (κ2) is 11.5. The molecule has 5 nitrogen and oxygen atoms in total. The molecule has 0 saturated carbocycles. The molecule has 0 bridgehead atoms. The summed E-state index contributed by atoms with van der Waals surface area (Å²) in [4.78, 5) is 30.7. The predicted molar refractivity (Wildman–Crippen MR) is 137 cm³/mol. The van der Waals surface area contributed by atoms with Crippen LogP contribution >= 0.6 is 11.3 Å². The Balaban J connectivity index is 1.66. The number of rotatable bonds is 7. The van der Waals surface area contributed by atoms with Crippen molar-refractivity contribution in [2.75, 3.05) is 26.7 Å². The van der Waals surface area contributed by atoms with Gasteiger partial charge in [-0.2, -0.15) is 26.3 Å². The number of hydrogen-bond donors (Lipinski definition) is 0. The summed E-state index contributed by atoms with van der Waals surface area (Å²) in [6, 6.07) is 9.38. The van der Waals surface area contributed by atoms with Gasteiger partial charge in [0.15, 0.2) is 0 Å². The molecule has 0 saturated heterocycles. The van der Waals surface area contributed by atoms with Crippen molar-refractivity contribution in [2.24, 2.45) is 0 Å².